The van der Waals surface area contributed by atoms with Gasteiger partial charge in [0.2, 0.25) is 0 Å². The summed E-state index contributed by atoms with van der Waals surface area (Å²) in [6, 6.07) is 11.4. The van der Waals surface area contributed by atoms with Gasteiger partial charge in [0.25, 0.3) is 0 Å². The molecular weight excluding hydrogens is 286 g/mol. The highest BCUT2D eigenvalue weighted by molar-refractivity contribution is 7.11. The number of benzene rings is 1. The first-order chi connectivity index (χ1) is 10.2. The SMILES string of the molecule is CCOC(=O)/C=C(\Nc1ccc(OC)cc1)c1cccs1. The first-order valence-corrected chi connectivity index (χ1v) is 7.44. The predicted octanol–water partition coefficient (Wildman–Crippen LogP) is 3.77. The summed E-state index contributed by atoms with van der Waals surface area (Å²) < 4.78 is 10.1. The molecule has 1 heterocycles. The van der Waals surface area contributed by atoms with Crippen LogP contribution in [0.5, 0.6) is 5.75 Å². The largest absolute Gasteiger partial charge is 0.497 e. The molecule has 1 aromatic carbocycles. The van der Waals surface area contributed by atoms with Crippen molar-refractivity contribution in [2.45, 2.75) is 6.92 Å². The lowest BCUT2D eigenvalue weighted by atomic mass is 10.2. The van der Waals surface area contributed by atoms with Crippen molar-refractivity contribution in [1.29, 1.82) is 0 Å². The van der Waals surface area contributed by atoms with E-state index >= 15 is 0 Å². The highest BCUT2D eigenvalue weighted by Gasteiger charge is 2.07. The van der Waals surface area contributed by atoms with E-state index < -0.39 is 0 Å². The number of hydrogen-bond acceptors (Lipinski definition) is 5. The van der Waals surface area contributed by atoms with E-state index in [1.807, 2.05) is 41.8 Å². The zero-order valence-electron chi connectivity index (χ0n) is 12.0. The highest BCUT2D eigenvalue weighted by Crippen LogP contribution is 2.24. The molecule has 0 saturated carbocycles. The quantitative estimate of drug-likeness (QED) is 0.652. The molecule has 2 aromatic rings. The van der Waals surface area contributed by atoms with E-state index in [1.165, 1.54) is 6.08 Å². The monoisotopic (exact) mass is 303 g/mol. The second kappa shape index (κ2) is 7.50. The summed E-state index contributed by atoms with van der Waals surface area (Å²) in [7, 11) is 1.63. The minimum Gasteiger partial charge on any atom is -0.497 e. The van der Waals surface area contributed by atoms with Gasteiger partial charge in [0.05, 0.1) is 24.3 Å². The third-order valence-electron chi connectivity index (χ3n) is 2.70. The van der Waals surface area contributed by atoms with Gasteiger partial charge >= 0.3 is 5.97 Å². The van der Waals surface area contributed by atoms with Crippen molar-refractivity contribution in [2.75, 3.05) is 19.0 Å². The molecule has 0 bridgehead atoms. The van der Waals surface area contributed by atoms with Crippen LogP contribution in [0.3, 0.4) is 0 Å². The third kappa shape index (κ3) is 4.36. The molecule has 21 heavy (non-hydrogen) atoms. The Morgan fingerprint density at radius 2 is 2.05 bits per heavy atom. The standard InChI is InChI=1S/C16H17NO3S/c1-3-20-16(18)11-14(15-5-4-10-21-15)17-12-6-8-13(19-2)9-7-12/h4-11,17H,3H2,1-2H3/b14-11-. The van der Waals surface area contributed by atoms with Gasteiger partial charge in [-0.05, 0) is 42.6 Å². The fourth-order valence-corrected chi connectivity index (χ4v) is 2.43. The number of rotatable bonds is 6. The molecule has 1 aromatic heterocycles. The van der Waals surface area contributed by atoms with Crippen LogP contribution in [0.2, 0.25) is 0 Å². The van der Waals surface area contributed by atoms with Gasteiger partial charge in [-0.3, -0.25) is 0 Å². The number of thiophene rings is 1. The lowest BCUT2D eigenvalue weighted by Gasteiger charge is -2.10. The maximum atomic E-state index is 11.7. The van der Waals surface area contributed by atoms with Gasteiger partial charge in [0.15, 0.2) is 0 Å². The highest BCUT2D eigenvalue weighted by atomic mass is 32.1. The molecule has 110 valence electrons. The van der Waals surface area contributed by atoms with E-state index in [0.717, 1.165) is 16.3 Å². The number of carbonyl (C=O) groups is 1. The molecular formula is C16H17NO3S. The third-order valence-corrected chi connectivity index (χ3v) is 3.61. The molecule has 0 amide bonds. The van der Waals surface area contributed by atoms with Crippen LogP contribution in [0.1, 0.15) is 11.8 Å². The van der Waals surface area contributed by atoms with Crippen molar-refractivity contribution in [2.24, 2.45) is 0 Å². The Morgan fingerprint density at radius 3 is 2.62 bits per heavy atom. The number of carbonyl (C=O) groups excluding carboxylic acids is 1. The molecule has 0 spiro atoms. The maximum Gasteiger partial charge on any atom is 0.332 e. The van der Waals surface area contributed by atoms with Crippen molar-refractivity contribution in [3.63, 3.8) is 0 Å². The summed E-state index contributed by atoms with van der Waals surface area (Å²) in [5.74, 6) is 0.425. The fourth-order valence-electron chi connectivity index (χ4n) is 1.73. The summed E-state index contributed by atoms with van der Waals surface area (Å²) in [6.07, 6.45) is 1.47. The van der Waals surface area contributed by atoms with E-state index in [9.17, 15) is 4.79 Å². The molecule has 1 N–H and O–H groups in total. The Balaban J connectivity index is 2.21. The Hall–Kier alpha value is -2.27. The van der Waals surface area contributed by atoms with Crippen molar-refractivity contribution in [3.05, 3.63) is 52.7 Å². The fraction of sp³-hybridized carbons (Fsp3) is 0.188. The number of nitrogens with one attached hydrogen (secondary N) is 1. The van der Waals surface area contributed by atoms with Gasteiger partial charge in [0, 0.05) is 11.8 Å². The van der Waals surface area contributed by atoms with Crippen LogP contribution < -0.4 is 10.1 Å². The molecule has 0 radical (unpaired) electrons. The van der Waals surface area contributed by atoms with Crippen LogP contribution in [0.15, 0.2) is 47.9 Å². The van der Waals surface area contributed by atoms with E-state index in [0.29, 0.717) is 12.3 Å². The minimum absolute atomic E-state index is 0.357. The number of ether oxygens (including phenoxy) is 2. The predicted molar refractivity (Wildman–Crippen MR) is 85.5 cm³/mol. The zero-order chi connectivity index (χ0) is 15.1. The summed E-state index contributed by atoms with van der Waals surface area (Å²) in [5, 5.41) is 5.20. The van der Waals surface area contributed by atoms with Gasteiger partial charge < -0.3 is 14.8 Å². The van der Waals surface area contributed by atoms with Crippen molar-refractivity contribution in [1.82, 2.24) is 0 Å². The summed E-state index contributed by atoms with van der Waals surface area (Å²) in [5.41, 5.74) is 1.59. The lowest BCUT2D eigenvalue weighted by Crippen LogP contribution is -2.05. The van der Waals surface area contributed by atoms with Gasteiger partial charge in [-0.2, -0.15) is 0 Å². The van der Waals surface area contributed by atoms with E-state index in [1.54, 1.807) is 25.4 Å². The Bertz CT molecular complexity index is 603. The number of hydrogen-bond donors (Lipinski definition) is 1. The first kappa shape index (κ1) is 15.1. The van der Waals surface area contributed by atoms with Gasteiger partial charge in [-0.25, -0.2) is 4.79 Å². The molecule has 0 unspecified atom stereocenters. The molecule has 2 rings (SSSR count). The zero-order valence-corrected chi connectivity index (χ0v) is 12.8. The second-order valence-electron chi connectivity index (χ2n) is 4.14. The Kier molecular flexibility index (Phi) is 5.40. The molecule has 4 nitrogen and oxygen atoms in total. The average Bonchev–Trinajstić information content (AvgIpc) is 3.02. The Labute approximate surface area is 128 Å². The summed E-state index contributed by atoms with van der Waals surface area (Å²) >= 11 is 1.55. The van der Waals surface area contributed by atoms with Gasteiger partial charge in [-0.1, -0.05) is 6.07 Å². The summed E-state index contributed by atoms with van der Waals surface area (Å²) in [4.78, 5) is 12.7. The van der Waals surface area contributed by atoms with Crippen LogP contribution >= 0.6 is 11.3 Å². The normalized spacial score (nSPS) is 11.0. The van der Waals surface area contributed by atoms with E-state index in [4.69, 9.17) is 9.47 Å². The smallest absolute Gasteiger partial charge is 0.332 e. The average molecular weight is 303 g/mol. The molecule has 0 aliphatic heterocycles. The molecule has 0 aliphatic carbocycles. The van der Waals surface area contributed by atoms with Crippen molar-refractivity contribution in [3.8, 4) is 5.75 Å². The van der Waals surface area contributed by atoms with Gasteiger partial charge in [0.1, 0.15) is 5.75 Å². The van der Waals surface area contributed by atoms with Crippen molar-refractivity contribution < 1.29 is 14.3 Å². The number of methoxy groups -OCH3 is 1. The van der Waals surface area contributed by atoms with Crippen molar-refractivity contribution >= 4 is 28.7 Å². The molecule has 0 aliphatic rings. The second-order valence-corrected chi connectivity index (χ2v) is 5.09. The molecule has 0 fully saturated rings. The summed E-state index contributed by atoms with van der Waals surface area (Å²) in [6.45, 7) is 2.14. The number of esters is 1. The first-order valence-electron chi connectivity index (χ1n) is 6.56. The number of anilines is 1. The molecule has 0 atom stereocenters. The van der Waals surface area contributed by atoms with E-state index in [-0.39, 0.29) is 5.97 Å². The minimum atomic E-state index is -0.359. The van der Waals surface area contributed by atoms with Crippen LogP contribution in [0.4, 0.5) is 5.69 Å². The lowest BCUT2D eigenvalue weighted by molar-refractivity contribution is -0.137. The van der Waals surface area contributed by atoms with Crippen LogP contribution in [-0.2, 0) is 9.53 Å². The Morgan fingerprint density at radius 1 is 1.29 bits per heavy atom. The molecule has 0 saturated heterocycles. The van der Waals surface area contributed by atoms with E-state index in [2.05, 4.69) is 5.32 Å². The topological polar surface area (TPSA) is 47.6 Å². The van der Waals surface area contributed by atoms with Crippen LogP contribution in [-0.4, -0.2) is 19.7 Å². The molecule has 5 heteroatoms. The van der Waals surface area contributed by atoms with Gasteiger partial charge in [-0.15, -0.1) is 11.3 Å². The van der Waals surface area contributed by atoms with Crippen LogP contribution in [0, 0.1) is 0 Å². The van der Waals surface area contributed by atoms with Crippen LogP contribution in [0.25, 0.3) is 5.70 Å². The maximum absolute atomic E-state index is 11.7.